The van der Waals surface area contributed by atoms with E-state index in [1.54, 1.807) is 31.4 Å². The van der Waals surface area contributed by atoms with Crippen molar-refractivity contribution >= 4 is 52.2 Å². The number of hydrogen-bond acceptors (Lipinski definition) is 3. The molecule has 0 unspecified atom stereocenters. The molecule has 0 fully saturated rings. The first-order chi connectivity index (χ1) is 8.34. The molecule has 1 heterocycles. The predicted octanol–water partition coefficient (Wildman–Crippen LogP) is 3.76. The number of aromatic nitrogens is 1. The molecule has 0 bridgehead atoms. The monoisotopic (exact) mass is 324 g/mol. The van der Waals surface area contributed by atoms with Gasteiger partial charge < -0.3 is 4.90 Å². The van der Waals surface area contributed by atoms with Crippen molar-refractivity contribution in [2.75, 3.05) is 0 Å². The zero-order chi connectivity index (χ0) is 13.8. The molecule has 0 aliphatic heterocycles. The Bertz CT molecular complexity index is 472. The molecule has 0 aliphatic rings. The average molecular weight is 326 g/mol. The van der Waals surface area contributed by atoms with Crippen LogP contribution in [0, 0.1) is 11.5 Å². The molecule has 4 nitrogen and oxygen atoms in total. The highest BCUT2D eigenvalue weighted by atomic mass is 35.6. The van der Waals surface area contributed by atoms with Gasteiger partial charge in [-0.3, -0.25) is 0 Å². The van der Waals surface area contributed by atoms with Crippen LogP contribution in [0.15, 0.2) is 23.3 Å². The number of amidine groups is 1. The van der Waals surface area contributed by atoms with Gasteiger partial charge in [-0.05, 0) is 18.6 Å². The summed E-state index contributed by atoms with van der Waals surface area (Å²) in [6.07, 6.45) is 3.21. The molecule has 1 aromatic heterocycles. The zero-order valence-corrected chi connectivity index (χ0v) is 12.3. The minimum absolute atomic E-state index is 0.248. The van der Waals surface area contributed by atoms with Crippen molar-refractivity contribution in [3.63, 3.8) is 0 Å². The van der Waals surface area contributed by atoms with Gasteiger partial charge in [0, 0.05) is 12.7 Å². The van der Waals surface area contributed by atoms with E-state index in [4.69, 9.17) is 51.7 Å². The molecular formula is C10H8Cl4N4. The Morgan fingerprint density at radius 2 is 2.17 bits per heavy atom. The number of hydrogen-bond donors (Lipinski definition) is 0. The third kappa shape index (κ3) is 4.51. The van der Waals surface area contributed by atoms with E-state index in [0.29, 0.717) is 11.0 Å². The van der Waals surface area contributed by atoms with Gasteiger partial charge in [0.15, 0.2) is 0 Å². The van der Waals surface area contributed by atoms with Crippen LogP contribution in [0.1, 0.15) is 12.5 Å². The quantitative estimate of drug-likeness (QED) is 0.208. The second-order valence-corrected chi connectivity index (χ2v) is 5.91. The van der Waals surface area contributed by atoms with Crippen LogP contribution < -0.4 is 0 Å². The second-order valence-electron chi connectivity index (χ2n) is 3.30. The summed E-state index contributed by atoms with van der Waals surface area (Å²) >= 11 is 23.2. The van der Waals surface area contributed by atoms with Crippen molar-refractivity contribution in [3.05, 3.63) is 29.0 Å². The van der Waals surface area contributed by atoms with Crippen molar-refractivity contribution in [2.24, 2.45) is 4.99 Å². The molecule has 18 heavy (non-hydrogen) atoms. The first-order valence-electron chi connectivity index (χ1n) is 4.72. The van der Waals surface area contributed by atoms with E-state index in [2.05, 4.69) is 9.98 Å². The van der Waals surface area contributed by atoms with Gasteiger partial charge in [0.1, 0.15) is 11.0 Å². The fraction of sp³-hybridized carbons (Fsp3) is 0.300. The lowest BCUT2D eigenvalue weighted by Crippen LogP contribution is -2.38. The Morgan fingerprint density at radius 3 is 2.61 bits per heavy atom. The third-order valence-electron chi connectivity index (χ3n) is 2.04. The molecule has 0 amide bonds. The minimum atomic E-state index is -1.70. The van der Waals surface area contributed by atoms with Crippen molar-refractivity contribution < 1.29 is 0 Å². The van der Waals surface area contributed by atoms with Crippen LogP contribution in [-0.2, 0) is 6.54 Å². The largest absolute Gasteiger partial charge is 0.311 e. The highest BCUT2D eigenvalue weighted by Gasteiger charge is 2.30. The fourth-order valence-corrected chi connectivity index (χ4v) is 1.86. The minimum Gasteiger partial charge on any atom is -0.311 e. The Morgan fingerprint density at radius 1 is 1.50 bits per heavy atom. The number of alkyl halides is 3. The van der Waals surface area contributed by atoms with Crippen LogP contribution in [0.5, 0.6) is 0 Å². The van der Waals surface area contributed by atoms with Gasteiger partial charge >= 0.3 is 0 Å². The Balaban J connectivity index is 2.97. The molecule has 1 aromatic rings. The molecule has 0 saturated heterocycles. The van der Waals surface area contributed by atoms with Gasteiger partial charge in [0.2, 0.25) is 6.19 Å². The number of rotatable bonds is 2. The predicted molar refractivity (Wildman–Crippen MR) is 73.8 cm³/mol. The topological polar surface area (TPSA) is 52.3 Å². The van der Waals surface area contributed by atoms with Crippen LogP contribution in [0.25, 0.3) is 0 Å². The maximum Gasteiger partial charge on any atom is 0.269 e. The average Bonchev–Trinajstić information content (AvgIpc) is 2.26. The summed E-state index contributed by atoms with van der Waals surface area (Å²) < 4.78 is -1.70. The molecule has 0 aliphatic carbocycles. The molecule has 0 atom stereocenters. The zero-order valence-electron chi connectivity index (χ0n) is 9.24. The second kappa shape index (κ2) is 6.44. The van der Waals surface area contributed by atoms with Crippen molar-refractivity contribution in [1.82, 2.24) is 9.88 Å². The molecule has 0 radical (unpaired) electrons. The standard InChI is InChI=1S/C10H8Cl4N4/c1-7(17-6-15)18(10(12,13)14)5-8-2-3-9(11)16-4-8/h2-4H,5H2,1H3. The molecule has 1 rings (SSSR count). The van der Waals surface area contributed by atoms with E-state index in [9.17, 15) is 0 Å². The van der Waals surface area contributed by atoms with Gasteiger partial charge in [-0.25, -0.2) is 4.98 Å². The number of pyridine rings is 1. The SMILES string of the molecule is CC(=NC#N)N(Cc1ccc(Cl)nc1)C(Cl)(Cl)Cl. The van der Waals surface area contributed by atoms with Crippen LogP contribution in [0.3, 0.4) is 0 Å². The van der Waals surface area contributed by atoms with E-state index in [-0.39, 0.29) is 6.54 Å². The Labute approximate surface area is 125 Å². The van der Waals surface area contributed by atoms with Crippen LogP contribution >= 0.6 is 46.4 Å². The summed E-state index contributed by atoms with van der Waals surface area (Å²) in [5, 5.41) is 8.91. The summed E-state index contributed by atoms with van der Waals surface area (Å²) in [5.74, 6) is 0.299. The van der Waals surface area contributed by atoms with Gasteiger partial charge in [-0.15, -0.1) is 0 Å². The Hall–Kier alpha value is -0.730. The lowest BCUT2D eigenvalue weighted by Gasteiger charge is -2.30. The molecule has 0 N–H and O–H groups in total. The number of nitriles is 1. The van der Waals surface area contributed by atoms with Crippen molar-refractivity contribution in [1.29, 1.82) is 5.26 Å². The molecule has 0 spiro atoms. The maximum absolute atomic E-state index is 8.53. The van der Waals surface area contributed by atoms with Gasteiger partial charge in [-0.2, -0.15) is 10.3 Å². The summed E-state index contributed by atoms with van der Waals surface area (Å²) in [4.78, 5) is 8.83. The number of halogens is 4. The molecule has 0 aromatic carbocycles. The molecule has 96 valence electrons. The van der Waals surface area contributed by atoms with Crippen LogP contribution in [0.2, 0.25) is 5.15 Å². The van der Waals surface area contributed by atoms with Gasteiger partial charge in [0.25, 0.3) is 3.92 Å². The van der Waals surface area contributed by atoms with E-state index in [1.807, 2.05) is 0 Å². The van der Waals surface area contributed by atoms with E-state index in [1.165, 1.54) is 4.90 Å². The smallest absolute Gasteiger partial charge is 0.269 e. The van der Waals surface area contributed by atoms with Crippen molar-refractivity contribution in [2.45, 2.75) is 17.4 Å². The van der Waals surface area contributed by atoms with E-state index in [0.717, 1.165) is 5.56 Å². The normalized spacial score (nSPS) is 12.1. The molecular weight excluding hydrogens is 318 g/mol. The number of aliphatic imine (C=N–C) groups is 1. The Kier molecular flexibility index (Phi) is 5.48. The summed E-state index contributed by atoms with van der Waals surface area (Å²) in [6.45, 7) is 1.83. The number of nitrogens with zero attached hydrogens (tertiary/aromatic N) is 4. The third-order valence-corrected chi connectivity index (χ3v) is 2.87. The summed E-state index contributed by atoms with van der Waals surface area (Å²) in [6, 6.07) is 3.38. The summed E-state index contributed by atoms with van der Waals surface area (Å²) in [5.41, 5.74) is 0.776. The first kappa shape index (κ1) is 15.3. The van der Waals surface area contributed by atoms with E-state index >= 15 is 0 Å². The maximum atomic E-state index is 8.53. The van der Waals surface area contributed by atoms with E-state index < -0.39 is 3.92 Å². The summed E-state index contributed by atoms with van der Waals surface area (Å²) in [7, 11) is 0. The van der Waals surface area contributed by atoms with Crippen LogP contribution in [-0.4, -0.2) is 19.6 Å². The molecule has 8 heteroatoms. The highest BCUT2D eigenvalue weighted by Crippen LogP contribution is 2.32. The van der Waals surface area contributed by atoms with Gasteiger partial charge in [0.05, 0.1) is 0 Å². The van der Waals surface area contributed by atoms with Crippen LogP contribution in [0.4, 0.5) is 0 Å². The molecule has 0 saturated carbocycles. The van der Waals surface area contributed by atoms with Crippen molar-refractivity contribution in [3.8, 4) is 6.19 Å². The van der Waals surface area contributed by atoms with Gasteiger partial charge in [-0.1, -0.05) is 52.5 Å². The highest BCUT2D eigenvalue weighted by molar-refractivity contribution is 6.67. The lowest BCUT2D eigenvalue weighted by atomic mass is 10.2. The fourth-order valence-electron chi connectivity index (χ4n) is 1.20. The first-order valence-corrected chi connectivity index (χ1v) is 6.24. The lowest BCUT2D eigenvalue weighted by molar-refractivity contribution is 0.417.